The molecule has 0 aromatic heterocycles. The molecule has 5 nitrogen and oxygen atoms in total. The van der Waals surface area contributed by atoms with E-state index in [1.165, 1.54) is 11.2 Å². The predicted molar refractivity (Wildman–Crippen MR) is 41.9 cm³/mol. The molecule has 1 aliphatic carbocycles. The summed E-state index contributed by atoms with van der Waals surface area (Å²) in [5.41, 5.74) is 10.4. The number of nitrogens with zero attached hydrogens (tertiary/aromatic N) is 1. The van der Waals surface area contributed by atoms with Crippen molar-refractivity contribution in [2.45, 2.75) is 18.4 Å². The molecular weight excluding hydrogens is 144 g/mol. The van der Waals surface area contributed by atoms with Crippen LogP contribution in [0.3, 0.4) is 0 Å². The summed E-state index contributed by atoms with van der Waals surface area (Å²) in [4.78, 5) is 0. The van der Waals surface area contributed by atoms with E-state index in [0.29, 0.717) is 6.54 Å². The Bertz CT molecular complexity index is 171. The van der Waals surface area contributed by atoms with Crippen molar-refractivity contribution in [3.8, 4) is 0 Å². The van der Waals surface area contributed by atoms with Crippen LogP contribution in [0.2, 0.25) is 0 Å². The van der Waals surface area contributed by atoms with Crippen LogP contribution in [-0.4, -0.2) is 22.2 Å². The molecule has 0 aromatic rings. The van der Waals surface area contributed by atoms with Crippen LogP contribution in [0.4, 0.5) is 0 Å². The molecule has 0 aliphatic heterocycles. The van der Waals surface area contributed by atoms with E-state index >= 15 is 0 Å². The number of hydrogen-bond acceptors (Lipinski definition) is 5. The number of aliphatic hydroxyl groups is 1. The maximum Gasteiger partial charge on any atom is 0.199 e. The van der Waals surface area contributed by atoms with E-state index in [1.807, 2.05) is 0 Å². The van der Waals surface area contributed by atoms with E-state index < -0.39 is 0 Å². The molecule has 1 rings (SSSR count). The summed E-state index contributed by atoms with van der Waals surface area (Å²) in [5.74, 6) is 5.28. The van der Waals surface area contributed by atoms with Gasteiger partial charge in [-0.25, -0.2) is 5.84 Å². The number of nitrogens with two attached hydrogens (primary N) is 3. The van der Waals surface area contributed by atoms with Crippen molar-refractivity contribution in [2.24, 2.45) is 17.3 Å². The highest BCUT2D eigenvalue weighted by atomic mass is 16.3. The normalized spacial score (nSPS) is 21.5. The summed E-state index contributed by atoms with van der Waals surface area (Å²) in [6, 6.07) is 0. The van der Waals surface area contributed by atoms with Crippen molar-refractivity contribution in [3.05, 3.63) is 12.1 Å². The third kappa shape index (κ3) is 1.55. The molecule has 64 valence electrons. The van der Waals surface area contributed by atoms with Gasteiger partial charge in [-0.1, -0.05) is 0 Å². The summed E-state index contributed by atoms with van der Waals surface area (Å²) >= 11 is 0. The largest absolute Gasteiger partial charge is 0.494 e. The van der Waals surface area contributed by atoms with Crippen LogP contribution in [0, 0.1) is 0 Å². The Morgan fingerprint density at radius 2 is 2.18 bits per heavy atom. The van der Waals surface area contributed by atoms with Crippen LogP contribution in [0.5, 0.6) is 0 Å². The first kappa shape index (κ1) is 8.16. The van der Waals surface area contributed by atoms with E-state index in [9.17, 15) is 0 Å². The van der Waals surface area contributed by atoms with Gasteiger partial charge in [-0.3, -0.25) is 0 Å². The lowest BCUT2D eigenvalue weighted by molar-refractivity contribution is 0.251. The number of hydrogen-bond donors (Lipinski definition) is 4. The van der Waals surface area contributed by atoms with Crippen molar-refractivity contribution in [1.29, 1.82) is 0 Å². The maximum absolute atomic E-state index is 8.69. The molecule has 1 fully saturated rings. The minimum Gasteiger partial charge on any atom is -0.494 e. The zero-order valence-electron chi connectivity index (χ0n) is 6.33. The molecule has 5 heteroatoms. The fourth-order valence-corrected chi connectivity index (χ4v) is 0.991. The van der Waals surface area contributed by atoms with Gasteiger partial charge < -0.3 is 21.6 Å². The van der Waals surface area contributed by atoms with E-state index in [2.05, 4.69) is 0 Å². The molecule has 0 amide bonds. The van der Waals surface area contributed by atoms with Gasteiger partial charge in [0.05, 0.1) is 11.7 Å². The van der Waals surface area contributed by atoms with Crippen LogP contribution in [0.25, 0.3) is 0 Å². The molecule has 0 bridgehead atoms. The van der Waals surface area contributed by atoms with Gasteiger partial charge >= 0.3 is 0 Å². The first-order valence-corrected chi connectivity index (χ1v) is 3.51. The Hall–Kier alpha value is -0.940. The fraction of sp³-hybridized carbons (Fsp3) is 0.667. The first-order chi connectivity index (χ1) is 5.10. The van der Waals surface area contributed by atoms with Crippen molar-refractivity contribution in [3.63, 3.8) is 0 Å². The molecule has 11 heavy (non-hydrogen) atoms. The second-order valence-electron chi connectivity index (χ2n) is 2.89. The van der Waals surface area contributed by atoms with Gasteiger partial charge in [0, 0.05) is 6.54 Å². The standard InChI is InChI=1S/C6H14N4O/c7-4-6(1-2-6)10(9)3-5(8)11/h3,11H,1-2,4,7-9H2/b5-3+. The van der Waals surface area contributed by atoms with Crippen LogP contribution >= 0.6 is 0 Å². The van der Waals surface area contributed by atoms with Crippen LogP contribution < -0.4 is 17.3 Å². The Morgan fingerprint density at radius 1 is 1.64 bits per heavy atom. The monoisotopic (exact) mass is 158 g/mol. The topological polar surface area (TPSA) is 102 Å². The van der Waals surface area contributed by atoms with Crippen LogP contribution in [0.1, 0.15) is 12.8 Å². The second-order valence-corrected chi connectivity index (χ2v) is 2.89. The third-order valence-electron chi connectivity index (χ3n) is 2.03. The summed E-state index contributed by atoms with van der Waals surface area (Å²) in [5, 5.41) is 10.1. The molecule has 0 spiro atoms. The van der Waals surface area contributed by atoms with Gasteiger partial charge in [0.2, 0.25) is 0 Å². The molecule has 7 N–H and O–H groups in total. The van der Waals surface area contributed by atoms with Gasteiger partial charge in [0.25, 0.3) is 0 Å². The Balaban J connectivity index is 2.54. The Morgan fingerprint density at radius 3 is 2.45 bits per heavy atom. The minimum absolute atomic E-state index is 0.145. The molecule has 0 unspecified atom stereocenters. The lowest BCUT2D eigenvalue weighted by Gasteiger charge is -2.23. The van der Waals surface area contributed by atoms with Gasteiger partial charge in [-0.2, -0.15) is 0 Å². The van der Waals surface area contributed by atoms with Crippen molar-refractivity contribution >= 4 is 0 Å². The predicted octanol–water partition coefficient (Wildman–Crippen LogP) is -1.03. The SMILES string of the molecule is NCC1(N(N)/C=C(\N)O)CC1. The van der Waals surface area contributed by atoms with Crippen LogP contribution in [0.15, 0.2) is 12.1 Å². The minimum atomic E-state index is -0.285. The molecule has 0 saturated heterocycles. The highest BCUT2D eigenvalue weighted by Crippen LogP contribution is 2.38. The number of hydrazine groups is 1. The lowest BCUT2D eigenvalue weighted by Crippen LogP contribution is -2.44. The summed E-state index contributed by atoms with van der Waals surface area (Å²) in [6.07, 6.45) is 3.22. The fourth-order valence-electron chi connectivity index (χ4n) is 0.991. The van der Waals surface area contributed by atoms with E-state index in [-0.39, 0.29) is 11.4 Å². The smallest absolute Gasteiger partial charge is 0.199 e. The third-order valence-corrected chi connectivity index (χ3v) is 2.03. The number of aliphatic hydroxyl groups excluding tert-OH is 1. The second kappa shape index (κ2) is 2.60. The average molecular weight is 158 g/mol. The summed E-state index contributed by atoms with van der Waals surface area (Å²) in [6.45, 7) is 0.493. The van der Waals surface area contributed by atoms with E-state index in [1.54, 1.807) is 0 Å². The highest BCUT2D eigenvalue weighted by Gasteiger charge is 2.45. The maximum atomic E-state index is 8.69. The summed E-state index contributed by atoms with van der Waals surface area (Å²) < 4.78 is 0. The van der Waals surface area contributed by atoms with Crippen molar-refractivity contribution in [2.75, 3.05) is 6.54 Å². The van der Waals surface area contributed by atoms with Gasteiger partial charge in [0.1, 0.15) is 0 Å². The molecule has 0 aromatic carbocycles. The number of rotatable bonds is 3. The molecule has 1 aliphatic rings. The first-order valence-electron chi connectivity index (χ1n) is 3.51. The van der Waals surface area contributed by atoms with Crippen LogP contribution in [-0.2, 0) is 0 Å². The van der Waals surface area contributed by atoms with Gasteiger partial charge in [-0.15, -0.1) is 0 Å². The Kier molecular flexibility index (Phi) is 1.92. The van der Waals surface area contributed by atoms with Crippen molar-refractivity contribution in [1.82, 2.24) is 5.01 Å². The Labute approximate surface area is 65.4 Å². The van der Waals surface area contributed by atoms with E-state index in [4.69, 9.17) is 22.4 Å². The molecule has 0 atom stereocenters. The quantitative estimate of drug-likeness (QED) is 0.239. The molecule has 1 saturated carbocycles. The highest BCUT2D eigenvalue weighted by molar-refractivity contribution is 5.06. The van der Waals surface area contributed by atoms with Crippen molar-refractivity contribution < 1.29 is 5.11 Å². The van der Waals surface area contributed by atoms with E-state index in [0.717, 1.165) is 12.8 Å². The summed E-state index contributed by atoms with van der Waals surface area (Å²) in [7, 11) is 0. The zero-order valence-corrected chi connectivity index (χ0v) is 6.33. The molecular formula is C6H14N4O. The molecule has 0 heterocycles. The molecule has 0 radical (unpaired) electrons. The average Bonchev–Trinajstić information content (AvgIpc) is 2.65. The van der Waals surface area contributed by atoms with Gasteiger partial charge in [0.15, 0.2) is 5.88 Å². The lowest BCUT2D eigenvalue weighted by atomic mass is 10.3. The van der Waals surface area contributed by atoms with Gasteiger partial charge in [-0.05, 0) is 12.8 Å². The zero-order chi connectivity index (χ0) is 8.48.